The fraction of sp³-hybridized carbons (Fsp3) is 0.636. The maximum atomic E-state index is 12.3. The van der Waals surface area contributed by atoms with Gasteiger partial charge in [-0.05, 0) is 20.8 Å². The molecule has 0 aromatic rings. The number of carboxylic acids is 1. The van der Waals surface area contributed by atoms with Crippen LogP contribution in [0.25, 0.3) is 0 Å². The third-order valence-electron chi connectivity index (χ3n) is 8.15. The van der Waals surface area contributed by atoms with Crippen molar-refractivity contribution in [1.29, 1.82) is 0 Å². The standard InChI is InChI=1S/C33H49NO13/c1-19-11-9-7-5-4-6-8-10-12-23(46-32-30(39)28(34)29(38)21(3)45-32)16-25-27(31(40)41)24(36)18-33(42,47-25)17-22(35)15-20(2)43-14-13-26(37)44-19/h4-10,12-14,19-25,27-30,32,35-36,38-39,42H,11,15-18,34H2,1-3H3,(H,40,41)/b5-4+,8-6+,9-7+,12-10+,14-13+/t19-,20+,21-,22+,23+,24+,25+,27-,28+,29-,30+,32+,33-/m1/s1. The fourth-order valence-electron chi connectivity index (χ4n) is 5.72. The Bertz CT molecular complexity index is 1170. The van der Waals surface area contributed by atoms with Gasteiger partial charge in [0.15, 0.2) is 12.1 Å². The van der Waals surface area contributed by atoms with Gasteiger partial charge in [-0.2, -0.15) is 0 Å². The van der Waals surface area contributed by atoms with Gasteiger partial charge in [0, 0.05) is 32.1 Å². The van der Waals surface area contributed by atoms with E-state index < -0.39 is 91.2 Å². The van der Waals surface area contributed by atoms with E-state index in [9.17, 15) is 40.2 Å². The zero-order valence-corrected chi connectivity index (χ0v) is 26.9. The van der Waals surface area contributed by atoms with Crippen molar-refractivity contribution in [3.8, 4) is 0 Å². The molecule has 2 saturated heterocycles. The Morgan fingerprint density at radius 3 is 2.34 bits per heavy atom. The number of rotatable bonds is 3. The molecule has 0 saturated carbocycles. The summed E-state index contributed by atoms with van der Waals surface area (Å²) in [4.78, 5) is 24.3. The molecule has 2 fully saturated rings. The first kappa shape index (κ1) is 38.5. The van der Waals surface area contributed by atoms with E-state index >= 15 is 0 Å². The second kappa shape index (κ2) is 18.0. The molecule has 8 N–H and O–H groups in total. The number of fused-ring (bicyclic) bond motifs is 2. The van der Waals surface area contributed by atoms with Crippen molar-refractivity contribution in [2.24, 2.45) is 11.7 Å². The Morgan fingerprint density at radius 2 is 1.64 bits per heavy atom. The quantitative estimate of drug-likeness (QED) is 0.206. The zero-order chi connectivity index (χ0) is 34.7. The van der Waals surface area contributed by atoms with Crippen molar-refractivity contribution in [3.63, 3.8) is 0 Å². The van der Waals surface area contributed by atoms with Gasteiger partial charge in [0.1, 0.15) is 18.1 Å². The van der Waals surface area contributed by atoms with Crippen molar-refractivity contribution < 1.29 is 63.9 Å². The van der Waals surface area contributed by atoms with Gasteiger partial charge < -0.3 is 60.1 Å². The highest BCUT2D eigenvalue weighted by atomic mass is 16.7. The van der Waals surface area contributed by atoms with Crippen LogP contribution in [0.4, 0.5) is 0 Å². The summed E-state index contributed by atoms with van der Waals surface area (Å²) in [5.74, 6) is -5.55. The van der Waals surface area contributed by atoms with Crippen molar-refractivity contribution in [2.45, 2.75) is 126 Å². The number of allylic oxidation sites excluding steroid dienone is 6. The lowest BCUT2D eigenvalue weighted by molar-refractivity contribution is -0.308. The normalized spacial score (nSPS) is 44.8. The lowest BCUT2D eigenvalue weighted by Gasteiger charge is -2.45. The Kier molecular flexibility index (Phi) is 14.8. The molecular weight excluding hydrogens is 618 g/mol. The molecule has 0 amide bonds. The van der Waals surface area contributed by atoms with E-state index in [-0.39, 0.29) is 25.4 Å². The van der Waals surface area contributed by atoms with E-state index in [0.717, 1.165) is 12.3 Å². The number of carbonyl (C=O) groups is 2. The number of carboxylic acid groups (broad SMARTS) is 1. The van der Waals surface area contributed by atoms with Gasteiger partial charge in [-0.25, -0.2) is 4.79 Å². The molecule has 0 aromatic heterocycles. The number of hydrogen-bond donors (Lipinski definition) is 7. The average molecular weight is 668 g/mol. The number of aliphatic hydroxyl groups excluding tert-OH is 4. The molecule has 264 valence electrons. The molecule has 14 nitrogen and oxygen atoms in total. The van der Waals surface area contributed by atoms with Gasteiger partial charge in [0.2, 0.25) is 0 Å². The second-order valence-corrected chi connectivity index (χ2v) is 12.3. The van der Waals surface area contributed by atoms with Crippen LogP contribution in [0, 0.1) is 5.92 Å². The summed E-state index contributed by atoms with van der Waals surface area (Å²) < 4.78 is 28.4. The molecule has 0 aromatic carbocycles. The second-order valence-electron chi connectivity index (χ2n) is 12.3. The number of cyclic esters (lactones) is 1. The van der Waals surface area contributed by atoms with Crippen LogP contribution in [0.3, 0.4) is 0 Å². The van der Waals surface area contributed by atoms with Gasteiger partial charge in [-0.1, -0.05) is 48.6 Å². The zero-order valence-electron chi connectivity index (χ0n) is 26.9. The molecule has 0 spiro atoms. The number of esters is 1. The summed E-state index contributed by atoms with van der Waals surface area (Å²) in [7, 11) is 0. The molecule has 3 aliphatic heterocycles. The first-order chi connectivity index (χ1) is 22.2. The number of hydrogen-bond acceptors (Lipinski definition) is 13. The molecule has 0 aliphatic carbocycles. The number of aliphatic hydroxyl groups is 5. The van der Waals surface area contributed by atoms with Gasteiger partial charge >= 0.3 is 11.9 Å². The number of aliphatic carboxylic acids is 1. The van der Waals surface area contributed by atoms with E-state index in [1.807, 2.05) is 6.08 Å². The molecule has 0 unspecified atom stereocenters. The SMILES string of the molecule is C[C@@H]1C/C=C/C=C/C=C/C=C/[C@H](O[C@@H]2O[C@H](C)[C@@H](O)[C@H](N)[C@@H]2O)C[C@@H]2O[C@](O)(C[C@@H](O)C[C@H](C)O/C=C/C(=O)O1)C[C@H](O)[C@H]2C(=O)O. The Morgan fingerprint density at radius 1 is 0.957 bits per heavy atom. The molecule has 13 atom stereocenters. The highest BCUT2D eigenvalue weighted by molar-refractivity contribution is 5.81. The van der Waals surface area contributed by atoms with Crippen molar-refractivity contribution in [1.82, 2.24) is 0 Å². The third kappa shape index (κ3) is 11.9. The maximum Gasteiger partial charge on any atom is 0.334 e. The molecule has 3 aliphatic rings. The molecule has 47 heavy (non-hydrogen) atoms. The topological polar surface area (TPSA) is 228 Å². The van der Waals surface area contributed by atoms with Crippen LogP contribution >= 0.6 is 0 Å². The minimum absolute atomic E-state index is 0.00486. The molecule has 2 bridgehead atoms. The molecule has 3 rings (SSSR count). The van der Waals surface area contributed by atoms with Crippen LogP contribution in [0.2, 0.25) is 0 Å². The first-order valence-corrected chi connectivity index (χ1v) is 15.8. The highest BCUT2D eigenvalue weighted by Crippen LogP contribution is 2.38. The van der Waals surface area contributed by atoms with E-state index in [4.69, 9.17) is 29.4 Å². The van der Waals surface area contributed by atoms with Gasteiger partial charge in [-0.3, -0.25) is 4.79 Å². The number of ether oxygens (including phenoxy) is 5. The summed E-state index contributed by atoms with van der Waals surface area (Å²) in [5, 5.41) is 63.9. The summed E-state index contributed by atoms with van der Waals surface area (Å²) in [6, 6.07) is -1.08. The largest absolute Gasteiger partial charge is 0.498 e. The molecule has 0 radical (unpaired) electrons. The van der Waals surface area contributed by atoms with Gasteiger partial charge in [0.25, 0.3) is 0 Å². The van der Waals surface area contributed by atoms with E-state index in [2.05, 4.69) is 0 Å². The van der Waals surface area contributed by atoms with Crippen LogP contribution in [-0.4, -0.2) is 116 Å². The summed E-state index contributed by atoms with van der Waals surface area (Å²) in [6.45, 7) is 4.96. The van der Waals surface area contributed by atoms with E-state index in [1.165, 1.54) is 0 Å². The van der Waals surface area contributed by atoms with Gasteiger partial charge in [0.05, 0.1) is 61.1 Å². The first-order valence-electron chi connectivity index (χ1n) is 15.8. The van der Waals surface area contributed by atoms with Crippen molar-refractivity contribution >= 4 is 11.9 Å². The summed E-state index contributed by atoms with van der Waals surface area (Å²) in [6.07, 6.45) is 4.69. The number of nitrogens with two attached hydrogens (primary N) is 1. The maximum absolute atomic E-state index is 12.3. The Labute approximate surface area is 274 Å². The van der Waals surface area contributed by atoms with Gasteiger partial charge in [-0.15, -0.1) is 0 Å². The van der Waals surface area contributed by atoms with Crippen LogP contribution < -0.4 is 5.73 Å². The summed E-state index contributed by atoms with van der Waals surface area (Å²) in [5.41, 5.74) is 5.97. The Hall–Kier alpha value is -2.92. The smallest absolute Gasteiger partial charge is 0.334 e. The Balaban J connectivity index is 1.90. The number of carbonyl (C=O) groups excluding carboxylic acids is 1. The average Bonchev–Trinajstić information content (AvgIpc) is 2.96. The molecule has 3 heterocycles. The predicted molar refractivity (Wildman–Crippen MR) is 167 cm³/mol. The van der Waals surface area contributed by atoms with Crippen LogP contribution in [-0.2, 0) is 33.3 Å². The monoisotopic (exact) mass is 667 g/mol. The minimum Gasteiger partial charge on any atom is -0.498 e. The van der Waals surface area contributed by atoms with E-state index in [0.29, 0.717) is 6.42 Å². The highest BCUT2D eigenvalue weighted by Gasteiger charge is 2.50. The van der Waals surface area contributed by atoms with Crippen molar-refractivity contribution in [2.75, 3.05) is 0 Å². The lowest BCUT2D eigenvalue weighted by Crippen LogP contribution is -2.61. The predicted octanol–water partition coefficient (Wildman–Crippen LogP) is 0.715. The fourth-order valence-corrected chi connectivity index (χ4v) is 5.72. The molecule has 14 heteroatoms. The molecular formula is C33H49NO13. The minimum atomic E-state index is -2.12. The van der Waals surface area contributed by atoms with E-state index in [1.54, 1.807) is 63.3 Å². The summed E-state index contributed by atoms with van der Waals surface area (Å²) >= 11 is 0. The van der Waals surface area contributed by atoms with Crippen LogP contribution in [0.15, 0.2) is 60.9 Å². The van der Waals surface area contributed by atoms with Crippen LogP contribution in [0.1, 0.15) is 52.9 Å². The lowest BCUT2D eigenvalue weighted by atomic mass is 9.83. The van der Waals surface area contributed by atoms with Crippen LogP contribution in [0.5, 0.6) is 0 Å². The van der Waals surface area contributed by atoms with Crippen molar-refractivity contribution in [3.05, 3.63) is 60.9 Å². The third-order valence-corrected chi connectivity index (χ3v) is 8.15.